The third kappa shape index (κ3) is 24.1. The van der Waals surface area contributed by atoms with Gasteiger partial charge in [0.1, 0.15) is 48.0 Å². The highest BCUT2D eigenvalue weighted by Crippen LogP contribution is 2.25. The summed E-state index contributed by atoms with van der Waals surface area (Å²) < 4.78 is 5.43. The number of hydrogen-bond donors (Lipinski definition) is 12. The van der Waals surface area contributed by atoms with Crippen LogP contribution in [0.1, 0.15) is 159 Å². The second-order valence-electron chi connectivity index (χ2n) is 23.0. The number of primary amides is 2. The van der Waals surface area contributed by atoms with Crippen LogP contribution in [0, 0.1) is 17.8 Å². The molecule has 13 atom stereocenters. The molecule has 2 saturated heterocycles. The summed E-state index contributed by atoms with van der Waals surface area (Å²) in [5.74, 6) is -13.6. The number of unbranched alkanes of at least 4 members (excludes halogenated alkanes) is 6. The molecule has 2 heterocycles. The Kier molecular flexibility index (Phi) is 32.7. The van der Waals surface area contributed by atoms with E-state index in [1.165, 1.54) is 59.8 Å². The van der Waals surface area contributed by atoms with Crippen LogP contribution in [-0.2, 0) is 62.3 Å². The smallest absolute Gasteiger partial charge is 0.268 e. The Balaban J connectivity index is 2.76. The summed E-state index contributed by atoms with van der Waals surface area (Å²) in [6, 6.07) is -12.0. The van der Waals surface area contributed by atoms with Crippen molar-refractivity contribution in [3.63, 3.8) is 0 Å². The van der Waals surface area contributed by atoms with Gasteiger partial charge in [-0.1, -0.05) is 92.6 Å². The molecule has 0 radical (unpaired) electrons. The molecule has 2 aliphatic heterocycles. The van der Waals surface area contributed by atoms with Crippen LogP contribution in [0.5, 0.6) is 0 Å². The zero-order valence-electron chi connectivity index (χ0n) is 51.4. The minimum Gasteiger partial charge on any atom is -0.391 e. The van der Waals surface area contributed by atoms with Gasteiger partial charge in [-0.25, -0.2) is 0 Å². The van der Waals surface area contributed by atoms with E-state index in [1.54, 1.807) is 20.8 Å². The zero-order valence-corrected chi connectivity index (χ0v) is 52.1. The molecule has 2 aliphatic rings. The van der Waals surface area contributed by atoms with E-state index in [4.69, 9.17) is 27.8 Å². The summed E-state index contributed by atoms with van der Waals surface area (Å²) in [5.41, 5.74) is 10.6. The van der Waals surface area contributed by atoms with E-state index < -0.39 is 187 Å². The van der Waals surface area contributed by atoms with Gasteiger partial charge >= 0.3 is 0 Å². The van der Waals surface area contributed by atoms with Gasteiger partial charge in [-0.2, -0.15) is 0 Å². The maximum absolute atomic E-state index is 14.7. The van der Waals surface area contributed by atoms with Crippen LogP contribution in [0.15, 0.2) is 11.8 Å². The number of fused-ring (bicyclic) bond motifs is 1. The van der Waals surface area contributed by atoms with Gasteiger partial charge in [0.15, 0.2) is 6.10 Å². The number of alkyl halides is 1. The highest BCUT2D eigenvalue weighted by Gasteiger charge is 2.44. The first-order chi connectivity index (χ1) is 39.9. The first-order valence-electron chi connectivity index (χ1n) is 29.7. The van der Waals surface area contributed by atoms with Gasteiger partial charge in [-0.05, 0) is 77.0 Å². The van der Waals surface area contributed by atoms with Crippen LogP contribution in [0.2, 0.25) is 0 Å². The number of nitrogens with one attached hydrogen (secondary N) is 8. The highest BCUT2D eigenvalue weighted by atomic mass is 35.5. The third-order valence-electron chi connectivity index (χ3n) is 15.5. The molecule has 14 N–H and O–H groups in total. The van der Waals surface area contributed by atoms with E-state index in [1.807, 2.05) is 0 Å². The molecule has 27 nitrogen and oxygen atoms in total. The molecular weight excluding hydrogens is 1130 g/mol. The lowest BCUT2D eigenvalue weighted by atomic mass is 9.90. The number of aliphatic hydroxyl groups is 2. The van der Waals surface area contributed by atoms with Crippen molar-refractivity contribution in [2.24, 2.45) is 29.2 Å². The molecule has 0 aromatic rings. The van der Waals surface area contributed by atoms with Crippen molar-refractivity contribution in [1.82, 2.24) is 52.3 Å². The van der Waals surface area contributed by atoms with Gasteiger partial charge in [-0.15, -0.1) is 11.6 Å². The molecule has 85 heavy (non-hydrogen) atoms. The number of carbonyl (C=O) groups is 12. The van der Waals surface area contributed by atoms with Crippen LogP contribution < -0.4 is 54.0 Å². The number of hydrogen-bond acceptors (Lipinski definition) is 15. The lowest BCUT2D eigenvalue weighted by molar-refractivity contribution is -0.151. The molecule has 0 bridgehead atoms. The number of likely N-dealkylation sites (N-methyl/N-ethyl adjacent to an activating group) is 1. The first kappa shape index (κ1) is 74.6. The lowest BCUT2D eigenvalue weighted by Gasteiger charge is -2.36. The Bertz CT molecular complexity index is 2340. The number of halogens is 1. The van der Waals surface area contributed by atoms with Crippen molar-refractivity contribution in [3.05, 3.63) is 11.8 Å². The van der Waals surface area contributed by atoms with Crippen molar-refractivity contribution >= 4 is 82.5 Å². The summed E-state index contributed by atoms with van der Waals surface area (Å²) in [4.78, 5) is 168. The third-order valence-corrected chi connectivity index (χ3v) is 16.0. The summed E-state index contributed by atoms with van der Waals surface area (Å²) in [6.45, 7) is 13.1. The average Bonchev–Trinajstić information content (AvgIpc) is 3.90. The standard InChI is InChI=1S/C57H97ClN12O15/c1-12-35(58)23-20-18-16-14-15-17-19-22-32(7)45-48(75)55(82)66-44(31(5)6)52(79)62-36(13-2)50(77)68-46(33(8)71)54(81)65-43(30(3)4)53(80)63-37(25-26-40(59)72)49(76)61-29-42(74)64-47(34(9)85-11)57(84)69(10)39(28-41(60)73)56(83)70-27-21-24-38(70)51(78)67-45/h13,30-35,37-39,43-48,71,75H,12,14-29H2,1-11H3,(H2,59,72)(H2,60,73)(H,61,76)(H,62,79)(H,63,80)(H,64,74)(H,65,81)(H,66,82)(H,67,78)(H,68,77)/b36-13+/t32-,33-,34?,35?,37-,38-,39-,43-,44-,45+,46-,47-,48+/m0/s1. The summed E-state index contributed by atoms with van der Waals surface area (Å²) in [6.07, 6.45) is 3.98. The van der Waals surface area contributed by atoms with Crippen molar-refractivity contribution in [3.8, 4) is 0 Å². The van der Waals surface area contributed by atoms with E-state index >= 15 is 0 Å². The van der Waals surface area contributed by atoms with Crippen LogP contribution in [0.3, 0.4) is 0 Å². The molecule has 28 heteroatoms. The van der Waals surface area contributed by atoms with Gasteiger partial charge in [-0.3, -0.25) is 57.5 Å². The summed E-state index contributed by atoms with van der Waals surface area (Å²) >= 11 is 6.28. The van der Waals surface area contributed by atoms with Crippen molar-refractivity contribution in [1.29, 1.82) is 0 Å². The largest absolute Gasteiger partial charge is 0.391 e. The second-order valence-corrected chi connectivity index (χ2v) is 23.6. The Hall–Kier alpha value is -6.45. The molecule has 2 rings (SSSR count). The van der Waals surface area contributed by atoms with E-state index in [-0.39, 0.29) is 24.8 Å². The average molecular weight is 1230 g/mol. The molecule has 482 valence electrons. The fourth-order valence-corrected chi connectivity index (χ4v) is 10.2. The maximum atomic E-state index is 14.7. The number of nitrogens with zero attached hydrogens (tertiary/aromatic N) is 2. The highest BCUT2D eigenvalue weighted by molar-refractivity contribution is 6.20. The molecule has 0 spiro atoms. The molecule has 0 aromatic carbocycles. The second kappa shape index (κ2) is 37.2. The number of ether oxygens (including phenoxy) is 1. The fourth-order valence-electron chi connectivity index (χ4n) is 10.00. The van der Waals surface area contributed by atoms with Gasteiger partial charge < -0.3 is 78.8 Å². The Morgan fingerprint density at radius 2 is 1.27 bits per heavy atom. The number of allylic oxidation sites excluding steroid dienone is 1. The van der Waals surface area contributed by atoms with Crippen LogP contribution in [-0.4, -0.2) is 190 Å². The first-order valence-corrected chi connectivity index (χ1v) is 30.1. The minimum atomic E-state index is -2.00. The topological polar surface area (TPSA) is 409 Å². The van der Waals surface area contributed by atoms with E-state index in [0.717, 1.165) is 56.3 Å². The zero-order chi connectivity index (χ0) is 64.4. The maximum Gasteiger partial charge on any atom is 0.268 e. The predicted molar refractivity (Wildman–Crippen MR) is 315 cm³/mol. The van der Waals surface area contributed by atoms with Crippen LogP contribution in [0.25, 0.3) is 0 Å². The number of methoxy groups -OCH3 is 1. The SMILES string of the molecule is C/C=C1/NC(=O)[C@H](C(C)C)NC(=O)[C@H](O)[C@@H]([C@@H](C)CCCCCCCCCC(Cl)CC)NC(=O)[C@@H]2CCCN2C(=O)[C@H](CC(N)=O)N(C)C(=O)[C@H](C(C)OC)NC(=O)CNC(=O)[C@H](CCC(N)=O)NC(=O)[C@H](C(C)C)NC(=O)[C@H]([C@H](C)O)NC1=O. The molecule has 0 aliphatic carbocycles. The Morgan fingerprint density at radius 1 is 0.706 bits per heavy atom. The Labute approximate surface area is 504 Å². The number of rotatable bonds is 22. The van der Waals surface area contributed by atoms with E-state index in [2.05, 4.69) is 49.5 Å². The van der Waals surface area contributed by atoms with Gasteiger partial charge in [0.25, 0.3) is 11.8 Å². The molecular formula is C57H97ClN12O15. The van der Waals surface area contributed by atoms with Crippen molar-refractivity contribution in [2.45, 2.75) is 231 Å². The summed E-state index contributed by atoms with van der Waals surface area (Å²) in [5, 5.41) is 42.8. The number of amides is 12. The minimum absolute atomic E-state index is 0.0280. The van der Waals surface area contributed by atoms with Crippen LogP contribution >= 0.6 is 11.6 Å². The quantitative estimate of drug-likeness (QED) is 0.0361. The molecule has 12 amide bonds. The molecule has 2 fully saturated rings. The predicted octanol–water partition coefficient (Wildman–Crippen LogP) is -0.743. The van der Waals surface area contributed by atoms with Crippen LogP contribution in [0.4, 0.5) is 0 Å². The molecule has 0 saturated carbocycles. The lowest BCUT2D eigenvalue weighted by Crippen LogP contribution is -2.62. The van der Waals surface area contributed by atoms with E-state index in [9.17, 15) is 67.7 Å². The van der Waals surface area contributed by atoms with Gasteiger partial charge in [0, 0.05) is 32.5 Å². The van der Waals surface area contributed by atoms with Crippen molar-refractivity contribution in [2.75, 3.05) is 27.2 Å². The Morgan fingerprint density at radius 3 is 1.81 bits per heavy atom. The number of aliphatic hydroxyl groups excluding tert-OH is 2. The normalized spacial score (nSPS) is 26.6. The summed E-state index contributed by atoms with van der Waals surface area (Å²) in [7, 11) is 2.42. The van der Waals surface area contributed by atoms with Gasteiger partial charge in [0.05, 0.1) is 31.2 Å². The molecule has 0 aromatic heterocycles. The molecule has 2 unspecified atom stereocenters. The monoisotopic (exact) mass is 1220 g/mol. The van der Waals surface area contributed by atoms with Crippen molar-refractivity contribution < 1.29 is 72.5 Å². The van der Waals surface area contributed by atoms with Gasteiger partial charge in [0.2, 0.25) is 59.1 Å². The fraction of sp³-hybridized carbons (Fsp3) is 0.754. The van der Waals surface area contributed by atoms with E-state index in [0.29, 0.717) is 12.8 Å². The number of nitrogens with two attached hydrogens (primary N) is 2. The number of carbonyl (C=O) groups excluding carboxylic acids is 12.